The first-order chi connectivity index (χ1) is 6.79. The van der Waals surface area contributed by atoms with Crippen LogP contribution in [-0.4, -0.2) is 4.98 Å². The summed E-state index contributed by atoms with van der Waals surface area (Å²) < 4.78 is 1.06. The van der Waals surface area contributed by atoms with Crippen LogP contribution >= 0.6 is 33.9 Å². The predicted molar refractivity (Wildman–Crippen MR) is 70.0 cm³/mol. The quantitative estimate of drug-likeness (QED) is 0.602. The molecule has 0 aliphatic heterocycles. The molecule has 14 heavy (non-hydrogen) atoms. The predicted octanol–water partition coefficient (Wildman–Crippen LogP) is 4.05. The van der Waals surface area contributed by atoms with Crippen LogP contribution in [0.4, 0.5) is 0 Å². The molecule has 0 atom stereocenters. The molecule has 0 radical (unpaired) electrons. The summed E-state index contributed by atoms with van der Waals surface area (Å²) in [4.78, 5) is 4.45. The second kappa shape index (κ2) is 4.40. The van der Waals surface area contributed by atoms with Crippen molar-refractivity contribution in [3.8, 4) is 11.3 Å². The lowest BCUT2D eigenvalue weighted by atomic mass is 10.1. The third-order valence-corrected chi connectivity index (χ3v) is 3.68. The molecule has 2 rings (SSSR count). The monoisotopic (exact) mass is 315 g/mol. The Balaban J connectivity index is 2.33. The van der Waals surface area contributed by atoms with Crippen molar-refractivity contribution in [1.29, 1.82) is 0 Å². The number of nitrogens with zero attached hydrogens (tertiary/aromatic N) is 1. The van der Waals surface area contributed by atoms with E-state index < -0.39 is 0 Å². The van der Waals surface area contributed by atoms with Crippen LogP contribution in [0, 0.1) is 6.92 Å². The van der Waals surface area contributed by atoms with Crippen molar-refractivity contribution in [2.75, 3.05) is 0 Å². The topological polar surface area (TPSA) is 12.9 Å². The molecular weight excluding hydrogens is 305 g/mol. The summed E-state index contributed by atoms with van der Waals surface area (Å²) in [5.41, 5.74) is 3.66. The van der Waals surface area contributed by atoms with Gasteiger partial charge >= 0.3 is 0 Å². The minimum atomic E-state index is 1.06. The second-order valence-electron chi connectivity index (χ2n) is 3.08. The highest BCUT2D eigenvalue weighted by Crippen LogP contribution is 2.22. The number of halogens is 1. The van der Waals surface area contributed by atoms with Crippen molar-refractivity contribution in [3.63, 3.8) is 0 Å². The molecule has 1 aromatic heterocycles. The Morgan fingerprint density at radius 2 is 2.00 bits per heavy atom. The summed E-state index contributed by atoms with van der Waals surface area (Å²) in [6.45, 7) is 2.04. The average Bonchev–Trinajstić information content (AvgIpc) is 2.65. The fourth-order valence-electron chi connectivity index (χ4n) is 1.26. The van der Waals surface area contributed by atoms with Crippen molar-refractivity contribution in [2.45, 2.75) is 11.4 Å². The number of aromatic nitrogens is 1. The van der Waals surface area contributed by atoms with Gasteiger partial charge in [-0.15, -0.1) is 11.3 Å². The van der Waals surface area contributed by atoms with Crippen LogP contribution in [0.3, 0.4) is 0 Å². The Kier molecular flexibility index (Phi) is 3.18. The molecule has 0 saturated heterocycles. The molecule has 72 valence electrons. The number of hydrogen-bond donors (Lipinski definition) is 0. The normalized spacial score (nSPS) is 10.4. The van der Waals surface area contributed by atoms with Crippen LogP contribution in [0.2, 0.25) is 0 Å². The highest BCUT2D eigenvalue weighted by Gasteiger charge is 2.01. The Morgan fingerprint density at radius 3 is 2.50 bits per heavy atom. The van der Waals surface area contributed by atoms with Gasteiger partial charge in [-0.3, -0.25) is 0 Å². The van der Waals surface area contributed by atoms with Gasteiger partial charge in [-0.2, -0.15) is 0 Å². The molecule has 0 fully saturated rings. The van der Waals surface area contributed by atoms with Crippen LogP contribution in [0.5, 0.6) is 0 Å². The van der Waals surface area contributed by atoms with E-state index in [1.165, 1.54) is 11.1 Å². The van der Waals surface area contributed by atoms with Gasteiger partial charge in [0.05, 0.1) is 10.7 Å². The minimum Gasteiger partial charge on any atom is -0.242 e. The Hall–Kier alpha value is -0.420. The van der Waals surface area contributed by atoms with E-state index >= 15 is 0 Å². The maximum absolute atomic E-state index is 4.45. The van der Waals surface area contributed by atoms with Gasteiger partial charge in [0.1, 0.15) is 0 Å². The highest BCUT2D eigenvalue weighted by molar-refractivity contribution is 14.1. The fraction of sp³-hybridized carbons (Fsp3) is 0.182. The molecule has 3 heteroatoms. The van der Waals surface area contributed by atoms with E-state index in [0.717, 1.165) is 15.1 Å². The maximum Gasteiger partial charge on any atom is 0.0901 e. The third kappa shape index (κ3) is 2.15. The zero-order chi connectivity index (χ0) is 9.97. The van der Waals surface area contributed by atoms with Crippen molar-refractivity contribution >= 4 is 33.9 Å². The number of aryl methyl sites for hydroxylation is 1. The smallest absolute Gasteiger partial charge is 0.0901 e. The molecule has 2 aromatic rings. The van der Waals surface area contributed by atoms with Gasteiger partial charge in [-0.25, -0.2) is 4.98 Å². The van der Waals surface area contributed by atoms with Gasteiger partial charge in [-0.1, -0.05) is 46.9 Å². The molecule has 1 aromatic carbocycles. The molecule has 0 bridgehead atoms. The Morgan fingerprint density at radius 1 is 1.29 bits per heavy atom. The van der Waals surface area contributed by atoms with Gasteiger partial charge in [0.2, 0.25) is 0 Å². The Bertz CT molecular complexity index is 419. The zero-order valence-electron chi connectivity index (χ0n) is 7.83. The number of benzene rings is 1. The van der Waals surface area contributed by atoms with E-state index in [9.17, 15) is 0 Å². The van der Waals surface area contributed by atoms with Crippen LogP contribution in [-0.2, 0) is 4.43 Å². The zero-order valence-corrected chi connectivity index (χ0v) is 10.8. The first-order valence-electron chi connectivity index (χ1n) is 4.37. The summed E-state index contributed by atoms with van der Waals surface area (Å²) >= 11 is 4.07. The summed E-state index contributed by atoms with van der Waals surface area (Å²) in [5, 5.41) is 3.23. The molecule has 0 aliphatic rings. The summed E-state index contributed by atoms with van der Waals surface area (Å²) in [7, 11) is 0. The number of alkyl halides is 1. The van der Waals surface area contributed by atoms with Crippen molar-refractivity contribution in [2.24, 2.45) is 0 Å². The standard InChI is InChI=1S/C11H10INS/c1-8-13-11(7-14-8)10-4-2-9(6-12)3-5-10/h2-5,7H,6H2,1H3. The molecule has 0 saturated carbocycles. The van der Waals surface area contributed by atoms with E-state index in [-0.39, 0.29) is 0 Å². The van der Waals surface area contributed by atoms with Crippen LogP contribution < -0.4 is 0 Å². The molecule has 0 amide bonds. The van der Waals surface area contributed by atoms with E-state index in [1.807, 2.05) is 6.92 Å². The molecule has 0 unspecified atom stereocenters. The van der Waals surface area contributed by atoms with Crippen LogP contribution in [0.1, 0.15) is 10.6 Å². The summed E-state index contributed by atoms with van der Waals surface area (Å²) in [6.07, 6.45) is 0. The van der Waals surface area contributed by atoms with E-state index in [1.54, 1.807) is 11.3 Å². The summed E-state index contributed by atoms with van der Waals surface area (Å²) in [6, 6.07) is 8.61. The lowest BCUT2D eigenvalue weighted by molar-refractivity contribution is 1.29. The fourth-order valence-corrected chi connectivity index (χ4v) is 2.39. The van der Waals surface area contributed by atoms with Crippen molar-refractivity contribution in [1.82, 2.24) is 4.98 Å². The number of hydrogen-bond acceptors (Lipinski definition) is 2. The van der Waals surface area contributed by atoms with Gasteiger partial charge < -0.3 is 0 Å². The average molecular weight is 315 g/mol. The van der Waals surface area contributed by atoms with Crippen molar-refractivity contribution < 1.29 is 0 Å². The molecular formula is C11H10INS. The second-order valence-corrected chi connectivity index (χ2v) is 4.91. The van der Waals surface area contributed by atoms with Gasteiger partial charge in [0, 0.05) is 15.4 Å². The first-order valence-corrected chi connectivity index (χ1v) is 6.77. The first kappa shape index (κ1) is 10.1. The molecule has 1 nitrogen and oxygen atoms in total. The molecule has 0 N–H and O–H groups in total. The van der Waals surface area contributed by atoms with Crippen LogP contribution in [0.25, 0.3) is 11.3 Å². The van der Waals surface area contributed by atoms with Crippen molar-refractivity contribution in [3.05, 3.63) is 40.2 Å². The van der Waals surface area contributed by atoms with E-state index in [0.29, 0.717) is 0 Å². The highest BCUT2D eigenvalue weighted by atomic mass is 127. The molecule has 0 aliphatic carbocycles. The Labute approximate surface area is 101 Å². The minimum absolute atomic E-state index is 1.06. The van der Waals surface area contributed by atoms with E-state index in [2.05, 4.69) is 57.2 Å². The summed E-state index contributed by atoms with van der Waals surface area (Å²) in [5.74, 6) is 0. The maximum atomic E-state index is 4.45. The van der Waals surface area contributed by atoms with Gasteiger partial charge in [0.15, 0.2) is 0 Å². The SMILES string of the molecule is Cc1nc(-c2ccc(CI)cc2)cs1. The third-order valence-electron chi connectivity index (χ3n) is 2.02. The lowest BCUT2D eigenvalue weighted by Crippen LogP contribution is -1.80. The van der Waals surface area contributed by atoms with Gasteiger partial charge in [0.25, 0.3) is 0 Å². The number of rotatable bonds is 2. The molecule has 0 spiro atoms. The van der Waals surface area contributed by atoms with E-state index in [4.69, 9.17) is 0 Å². The largest absolute Gasteiger partial charge is 0.242 e. The molecule has 1 heterocycles. The lowest BCUT2D eigenvalue weighted by Gasteiger charge is -1.98. The number of thiazole rings is 1. The van der Waals surface area contributed by atoms with Gasteiger partial charge in [-0.05, 0) is 12.5 Å². The van der Waals surface area contributed by atoms with Crippen LogP contribution in [0.15, 0.2) is 29.6 Å².